The summed E-state index contributed by atoms with van der Waals surface area (Å²) in [5.41, 5.74) is 0.310. The van der Waals surface area contributed by atoms with E-state index in [0.29, 0.717) is 17.4 Å². The van der Waals surface area contributed by atoms with Gasteiger partial charge in [0.25, 0.3) is 5.91 Å². The minimum atomic E-state index is -0.289. The summed E-state index contributed by atoms with van der Waals surface area (Å²) in [7, 11) is 0. The summed E-state index contributed by atoms with van der Waals surface area (Å²) in [6.07, 6.45) is 2.53. The van der Waals surface area contributed by atoms with Crippen LogP contribution < -0.4 is 5.32 Å². The molecule has 1 aromatic heterocycles. The van der Waals surface area contributed by atoms with Crippen molar-refractivity contribution >= 4 is 17.5 Å². The molecule has 2 atom stereocenters. The van der Waals surface area contributed by atoms with Crippen LogP contribution in [-0.2, 0) is 0 Å². The molecule has 0 radical (unpaired) electrons. The second kappa shape index (κ2) is 5.47. The molecule has 1 aromatic rings. The van der Waals surface area contributed by atoms with E-state index in [1.165, 1.54) is 0 Å². The Bertz CT molecular complexity index is 411. The van der Waals surface area contributed by atoms with Crippen molar-refractivity contribution in [2.45, 2.75) is 25.4 Å². The predicted molar refractivity (Wildman–Crippen MR) is 64.9 cm³/mol. The second-order valence-corrected chi connectivity index (χ2v) is 4.70. The van der Waals surface area contributed by atoms with Gasteiger partial charge < -0.3 is 10.4 Å². The molecule has 1 heterocycles. The molecule has 5 heteroatoms. The van der Waals surface area contributed by atoms with E-state index in [1.54, 1.807) is 18.2 Å². The molecule has 2 N–H and O–H groups in total. The molecular formula is C12H15ClN2O2. The van der Waals surface area contributed by atoms with E-state index in [9.17, 15) is 9.90 Å². The smallest absolute Gasteiger partial charge is 0.269 e. The number of nitrogens with zero attached hydrogens (tertiary/aromatic N) is 1. The Hall–Kier alpha value is -1.13. The third-order valence-corrected chi connectivity index (χ3v) is 3.30. The largest absolute Gasteiger partial charge is 0.393 e. The number of amides is 1. The lowest BCUT2D eigenvalue weighted by molar-refractivity contribution is 0.0912. The molecule has 0 aliphatic heterocycles. The van der Waals surface area contributed by atoms with E-state index < -0.39 is 0 Å². The molecule has 0 bridgehead atoms. The SMILES string of the molecule is O=C(NCC1CCCC1O)c1cccc(Cl)n1. The van der Waals surface area contributed by atoms with Crippen LogP contribution in [0.2, 0.25) is 5.15 Å². The highest BCUT2D eigenvalue weighted by Crippen LogP contribution is 2.24. The van der Waals surface area contributed by atoms with Crippen LogP contribution in [0.5, 0.6) is 0 Å². The standard InChI is InChI=1S/C12H15ClN2O2/c13-11-6-2-4-9(15-11)12(17)14-7-8-3-1-5-10(8)16/h2,4,6,8,10,16H,1,3,5,7H2,(H,14,17). The van der Waals surface area contributed by atoms with Crippen LogP contribution >= 0.6 is 11.6 Å². The van der Waals surface area contributed by atoms with Gasteiger partial charge in [-0.1, -0.05) is 24.1 Å². The van der Waals surface area contributed by atoms with E-state index in [4.69, 9.17) is 11.6 Å². The van der Waals surface area contributed by atoms with Crippen LogP contribution in [0.15, 0.2) is 18.2 Å². The van der Waals surface area contributed by atoms with Crippen LogP contribution in [0, 0.1) is 5.92 Å². The summed E-state index contributed by atoms with van der Waals surface area (Å²) in [5.74, 6) is -0.0789. The van der Waals surface area contributed by atoms with Crippen molar-refractivity contribution in [1.29, 1.82) is 0 Å². The second-order valence-electron chi connectivity index (χ2n) is 4.31. The molecule has 4 nitrogen and oxygen atoms in total. The molecule has 1 amide bonds. The fourth-order valence-corrected chi connectivity index (χ4v) is 2.27. The van der Waals surface area contributed by atoms with Crippen LogP contribution in [0.3, 0.4) is 0 Å². The van der Waals surface area contributed by atoms with Gasteiger partial charge in [-0.05, 0) is 25.0 Å². The number of aromatic nitrogens is 1. The first kappa shape index (κ1) is 12.3. The van der Waals surface area contributed by atoms with Crippen molar-refractivity contribution in [3.8, 4) is 0 Å². The van der Waals surface area contributed by atoms with Gasteiger partial charge in [0, 0.05) is 12.5 Å². The Balaban J connectivity index is 1.89. The van der Waals surface area contributed by atoms with Gasteiger partial charge >= 0.3 is 0 Å². The molecule has 0 aromatic carbocycles. The molecule has 2 unspecified atom stereocenters. The summed E-state index contributed by atoms with van der Waals surface area (Å²) in [6.45, 7) is 0.494. The van der Waals surface area contributed by atoms with Gasteiger partial charge in [-0.2, -0.15) is 0 Å². The monoisotopic (exact) mass is 254 g/mol. The number of aliphatic hydroxyl groups excluding tert-OH is 1. The minimum absolute atomic E-state index is 0.165. The fourth-order valence-electron chi connectivity index (χ4n) is 2.10. The molecule has 1 fully saturated rings. The van der Waals surface area contributed by atoms with Gasteiger partial charge in [-0.3, -0.25) is 4.79 Å². The zero-order valence-corrected chi connectivity index (χ0v) is 10.2. The van der Waals surface area contributed by atoms with Gasteiger partial charge in [-0.15, -0.1) is 0 Å². The number of aliphatic hydroxyl groups is 1. The molecule has 0 saturated heterocycles. The lowest BCUT2D eigenvalue weighted by Crippen LogP contribution is -2.32. The predicted octanol–water partition coefficient (Wildman–Crippen LogP) is 1.63. The summed E-state index contributed by atoms with van der Waals surface area (Å²) in [4.78, 5) is 15.7. The highest BCUT2D eigenvalue weighted by molar-refractivity contribution is 6.29. The molecule has 0 spiro atoms. The number of pyridine rings is 1. The molecule has 1 aliphatic rings. The molecule has 1 aliphatic carbocycles. The van der Waals surface area contributed by atoms with Crippen molar-refractivity contribution < 1.29 is 9.90 Å². The van der Waals surface area contributed by atoms with E-state index in [1.807, 2.05) is 0 Å². The first-order valence-electron chi connectivity index (χ1n) is 5.75. The topological polar surface area (TPSA) is 62.2 Å². The lowest BCUT2D eigenvalue weighted by Gasteiger charge is -2.14. The van der Waals surface area contributed by atoms with Crippen molar-refractivity contribution in [1.82, 2.24) is 10.3 Å². The average molecular weight is 255 g/mol. The number of carbonyl (C=O) groups is 1. The number of carbonyl (C=O) groups excluding carboxylic acids is 1. The van der Waals surface area contributed by atoms with Crippen molar-refractivity contribution in [3.63, 3.8) is 0 Å². The van der Waals surface area contributed by atoms with E-state index >= 15 is 0 Å². The molecule has 2 rings (SSSR count). The average Bonchev–Trinajstić information content (AvgIpc) is 2.72. The summed E-state index contributed by atoms with van der Waals surface area (Å²) < 4.78 is 0. The third-order valence-electron chi connectivity index (χ3n) is 3.09. The third kappa shape index (κ3) is 3.17. The zero-order chi connectivity index (χ0) is 12.3. The molecule has 17 heavy (non-hydrogen) atoms. The fraction of sp³-hybridized carbons (Fsp3) is 0.500. The van der Waals surface area contributed by atoms with Crippen LogP contribution in [0.1, 0.15) is 29.8 Å². The number of hydrogen-bond acceptors (Lipinski definition) is 3. The number of halogens is 1. The molecule has 92 valence electrons. The maximum Gasteiger partial charge on any atom is 0.269 e. The first-order chi connectivity index (χ1) is 8.16. The molecular weight excluding hydrogens is 240 g/mol. The summed E-state index contributed by atoms with van der Waals surface area (Å²) >= 11 is 5.71. The van der Waals surface area contributed by atoms with Crippen molar-refractivity contribution in [2.24, 2.45) is 5.92 Å². The van der Waals surface area contributed by atoms with Gasteiger partial charge in [0.15, 0.2) is 0 Å². The maximum atomic E-state index is 11.7. The van der Waals surface area contributed by atoms with Crippen LogP contribution in [-0.4, -0.2) is 28.6 Å². The van der Waals surface area contributed by atoms with Crippen LogP contribution in [0.4, 0.5) is 0 Å². The first-order valence-corrected chi connectivity index (χ1v) is 6.13. The lowest BCUT2D eigenvalue weighted by atomic mass is 10.1. The van der Waals surface area contributed by atoms with Crippen LogP contribution in [0.25, 0.3) is 0 Å². The van der Waals surface area contributed by atoms with E-state index in [-0.39, 0.29) is 17.9 Å². The Morgan fingerprint density at radius 2 is 2.35 bits per heavy atom. The zero-order valence-electron chi connectivity index (χ0n) is 9.40. The highest BCUT2D eigenvalue weighted by atomic mass is 35.5. The molecule has 1 saturated carbocycles. The summed E-state index contributed by atoms with van der Waals surface area (Å²) in [5, 5.41) is 12.7. The van der Waals surface area contributed by atoms with Crippen molar-refractivity contribution in [3.05, 3.63) is 29.0 Å². The van der Waals surface area contributed by atoms with Gasteiger partial charge in [0.2, 0.25) is 0 Å². The Morgan fingerprint density at radius 1 is 1.53 bits per heavy atom. The van der Waals surface area contributed by atoms with Gasteiger partial charge in [-0.25, -0.2) is 4.98 Å². The number of rotatable bonds is 3. The Labute approximate surface area is 105 Å². The van der Waals surface area contributed by atoms with Gasteiger partial charge in [0.05, 0.1) is 6.10 Å². The minimum Gasteiger partial charge on any atom is -0.393 e. The highest BCUT2D eigenvalue weighted by Gasteiger charge is 2.25. The van der Waals surface area contributed by atoms with E-state index in [2.05, 4.69) is 10.3 Å². The van der Waals surface area contributed by atoms with E-state index in [0.717, 1.165) is 19.3 Å². The number of hydrogen-bond donors (Lipinski definition) is 2. The Morgan fingerprint density at radius 3 is 3.00 bits per heavy atom. The van der Waals surface area contributed by atoms with Gasteiger partial charge in [0.1, 0.15) is 10.8 Å². The quantitative estimate of drug-likeness (QED) is 0.806. The Kier molecular flexibility index (Phi) is 3.97. The normalized spacial score (nSPS) is 23.6. The number of nitrogens with one attached hydrogen (secondary N) is 1. The maximum absolute atomic E-state index is 11.7. The van der Waals surface area contributed by atoms with Crippen molar-refractivity contribution in [2.75, 3.05) is 6.54 Å². The summed E-state index contributed by atoms with van der Waals surface area (Å²) in [6, 6.07) is 4.93.